The lowest BCUT2D eigenvalue weighted by molar-refractivity contribution is 0.0606. The molecule has 0 bridgehead atoms. The van der Waals surface area contributed by atoms with Crippen LogP contribution in [0.5, 0.6) is 5.75 Å². The molecule has 0 saturated heterocycles. The van der Waals surface area contributed by atoms with Gasteiger partial charge in [-0.1, -0.05) is 12.1 Å². The summed E-state index contributed by atoms with van der Waals surface area (Å²) in [7, 11) is 3.00. The van der Waals surface area contributed by atoms with Crippen LogP contribution < -0.4 is 4.74 Å². The molecule has 0 radical (unpaired) electrons. The number of thiazole rings is 1. The number of benzene rings is 1. The Labute approximate surface area is 109 Å². The van der Waals surface area contributed by atoms with Crippen molar-refractivity contribution in [3.63, 3.8) is 0 Å². The summed E-state index contributed by atoms with van der Waals surface area (Å²) in [5.74, 6) is 0.488. The molecule has 2 aromatic rings. The van der Waals surface area contributed by atoms with E-state index in [9.17, 15) is 4.79 Å². The first kappa shape index (κ1) is 12.6. The summed E-state index contributed by atoms with van der Waals surface area (Å²) in [6.45, 7) is 0. The Morgan fingerprint density at radius 2 is 2.00 bits per heavy atom. The van der Waals surface area contributed by atoms with E-state index in [1.807, 2.05) is 24.3 Å². The van der Waals surface area contributed by atoms with Crippen LogP contribution >= 0.6 is 11.3 Å². The van der Waals surface area contributed by atoms with Gasteiger partial charge in [0.15, 0.2) is 0 Å². The number of methoxy groups -OCH3 is 2. The standard InChI is InChI=1S/C13H13NO3S/c1-16-10-5-3-9(4-6-10)7-12-14-8-11(18-12)13(15)17-2/h3-6,8H,7H2,1-2H3. The van der Waals surface area contributed by atoms with E-state index >= 15 is 0 Å². The van der Waals surface area contributed by atoms with Crippen LogP contribution in [-0.2, 0) is 11.2 Å². The maximum atomic E-state index is 11.3. The minimum atomic E-state index is -0.339. The molecule has 4 nitrogen and oxygen atoms in total. The summed E-state index contributed by atoms with van der Waals surface area (Å²) in [6.07, 6.45) is 2.25. The van der Waals surface area contributed by atoms with E-state index in [2.05, 4.69) is 9.72 Å². The van der Waals surface area contributed by atoms with E-state index in [1.54, 1.807) is 13.3 Å². The van der Waals surface area contributed by atoms with Crippen molar-refractivity contribution in [2.45, 2.75) is 6.42 Å². The molecule has 0 unspecified atom stereocenters. The van der Waals surface area contributed by atoms with Gasteiger partial charge >= 0.3 is 5.97 Å². The number of ether oxygens (including phenoxy) is 2. The molecule has 1 heterocycles. The van der Waals surface area contributed by atoms with Crippen LogP contribution in [-0.4, -0.2) is 25.2 Å². The molecule has 94 valence electrons. The molecule has 5 heteroatoms. The lowest BCUT2D eigenvalue weighted by Crippen LogP contribution is -1.96. The zero-order chi connectivity index (χ0) is 13.0. The van der Waals surface area contributed by atoms with E-state index in [0.717, 1.165) is 16.3 Å². The molecule has 0 N–H and O–H groups in total. The average molecular weight is 263 g/mol. The Kier molecular flexibility index (Phi) is 3.94. The van der Waals surface area contributed by atoms with E-state index in [1.165, 1.54) is 18.4 Å². The number of aromatic nitrogens is 1. The van der Waals surface area contributed by atoms with Gasteiger partial charge in [0, 0.05) is 6.42 Å². The van der Waals surface area contributed by atoms with Gasteiger partial charge in [0.2, 0.25) is 0 Å². The van der Waals surface area contributed by atoms with Crippen LogP contribution in [0.15, 0.2) is 30.5 Å². The van der Waals surface area contributed by atoms with Crippen LogP contribution in [0.25, 0.3) is 0 Å². The fourth-order valence-corrected chi connectivity index (χ4v) is 2.38. The SMILES string of the molecule is COC(=O)c1cnc(Cc2ccc(OC)cc2)s1. The van der Waals surface area contributed by atoms with Crippen molar-refractivity contribution in [3.8, 4) is 5.75 Å². The number of hydrogen-bond acceptors (Lipinski definition) is 5. The van der Waals surface area contributed by atoms with Crippen LogP contribution in [0.4, 0.5) is 0 Å². The van der Waals surface area contributed by atoms with E-state index in [4.69, 9.17) is 4.74 Å². The lowest BCUT2D eigenvalue weighted by Gasteiger charge is -2.01. The molecule has 0 aliphatic heterocycles. The minimum Gasteiger partial charge on any atom is -0.497 e. The number of esters is 1. The van der Waals surface area contributed by atoms with Crippen molar-refractivity contribution in [1.82, 2.24) is 4.98 Å². The fraction of sp³-hybridized carbons (Fsp3) is 0.231. The third-order valence-corrected chi connectivity index (χ3v) is 3.43. The number of nitrogens with zero attached hydrogens (tertiary/aromatic N) is 1. The van der Waals surface area contributed by atoms with Crippen LogP contribution in [0.3, 0.4) is 0 Å². The molecule has 0 fully saturated rings. The second kappa shape index (κ2) is 5.64. The molecule has 1 aromatic carbocycles. The Morgan fingerprint density at radius 1 is 1.28 bits per heavy atom. The Hall–Kier alpha value is -1.88. The zero-order valence-electron chi connectivity index (χ0n) is 10.2. The van der Waals surface area contributed by atoms with Crippen molar-refractivity contribution >= 4 is 17.3 Å². The van der Waals surface area contributed by atoms with Crippen molar-refractivity contribution in [1.29, 1.82) is 0 Å². The second-order valence-corrected chi connectivity index (χ2v) is 4.75. The monoisotopic (exact) mass is 263 g/mol. The van der Waals surface area contributed by atoms with E-state index in [0.29, 0.717) is 11.3 Å². The first-order valence-electron chi connectivity index (χ1n) is 5.39. The third-order valence-electron chi connectivity index (χ3n) is 2.45. The van der Waals surface area contributed by atoms with Crippen molar-refractivity contribution in [3.05, 3.63) is 45.9 Å². The Morgan fingerprint density at radius 3 is 2.61 bits per heavy atom. The molecule has 0 atom stereocenters. The molecular weight excluding hydrogens is 250 g/mol. The second-order valence-electron chi connectivity index (χ2n) is 3.63. The number of carbonyl (C=O) groups excluding carboxylic acids is 1. The van der Waals surface area contributed by atoms with Crippen molar-refractivity contribution < 1.29 is 14.3 Å². The Bertz CT molecular complexity index is 533. The van der Waals surface area contributed by atoms with Gasteiger partial charge in [0.1, 0.15) is 10.6 Å². The highest BCUT2D eigenvalue weighted by Gasteiger charge is 2.10. The molecule has 0 aliphatic rings. The highest BCUT2D eigenvalue weighted by atomic mass is 32.1. The average Bonchev–Trinajstić information content (AvgIpc) is 2.87. The van der Waals surface area contributed by atoms with Gasteiger partial charge in [-0.15, -0.1) is 11.3 Å². The quantitative estimate of drug-likeness (QED) is 0.795. The van der Waals surface area contributed by atoms with Gasteiger partial charge in [0.05, 0.1) is 25.4 Å². The molecule has 1 aromatic heterocycles. The highest BCUT2D eigenvalue weighted by molar-refractivity contribution is 7.13. The lowest BCUT2D eigenvalue weighted by atomic mass is 10.1. The summed E-state index contributed by atoms with van der Waals surface area (Å²) in [5, 5.41) is 0.889. The molecule has 0 spiro atoms. The van der Waals surface area contributed by atoms with Gasteiger partial charge in [-0.05, 0) is 17.7 Å². The zero-order valence-corrected chi connectivity index (χ0v) is 11.0. The first-order chi connectivity index (χ1) is 8.72. The summed E-state index contributed by atoms with van der Waals surface area (Å²) in [6, 6.07) is 7.78. The molecular formula is C13H13NO3S. The summed E-state index contributed by atoms with van der Waals surface area (Å²) >= 11 is 1.35. The van der Waals surface area contributed by atoms with Gasteiger partial charge in [-0.2, -0.15) is 0 Å². The van der Waals surface area contributed by atoms with Crippen LogP contribution in [0.2, 0.25) is 0 Å². The third kappa shape index (κ3) is 2.87. The predicted octanol–water partition coefficient (Wildman–Crippen LogP) is 2.53. The Balaban J connectivity index is 2.08. The number of carbonyl (C=O) groups is 1. The molecule has 0 saturated carbocycles. The normalized spacial score (nSPS) is 10.1. The molecule has 0 amide bonds. The van der Waals surface area contributed by atoms with Gasteiger partial charge < -0.3 is 9.47 Å². The number of rotatable bonds is 4. The molecule has 0 aliphatic carbocycles. The molecule has 18 heavy (non-hydrogen) atoms. The van der Waals surface area contributed by atoms with E-state index < -0.39 is 0 Å². The summed E-state index contributed by atoms with van der Waals surface area (Å²) in [4.78, 5) is 16.0. The maximum absolute atomic E-state index is 11.3. The fourth-order valence-electron chi connectivity index (χ4n) is 1.50. The minimum absolute atomic E-state index is 0.339. The van der Waals surface area contributed by atoms with Gasteiger partial charge in [0.25, 0.3) is 0 Å². The smallest absolute Gasteiger partial charge is 0.349 e. The predicted molar refractivity (Wildman–Crippen MR) is 69.3 cm³/mol. The van der Waals surface area contributed by atoms with E-state index in [-0.39, 0.29) is 5.97 Å². The number of hydrogen-bond donors (Lipinski definition) is 0. The summed E-state index contributed by atoms with van der Waals surface area (Å²) < 4.78 is 9.74. The van der Waals surface area contributed by atoms with Crippen LogP contribution in [0.1, 0.15) is 20.2 Å². The van der Waals surface area contributed by atoms with Gasteiger partial charge in [-0.3, -0.25) is 0 Å². The first-order valence-corrected chi connectivity index (χ1v) is 6.20. The summed E-state index contributed by atoms with van der Waals surface area (Å²) in [5.41, 5.74) is 1.13. The highest BCUT2D eigenvalue weighted by Crippen LogP contribution is 2.19. The topological polar surface area (TPSA) is 48.4 Å². The largest absolute Gasteiger partial charge is 0.497 e. The van der Waals surface area contributed by atoms with Crippen LogP contribution in [0, 0.1) is 0 Å². The van der Waals surface area contributed by atoms with Crippen molar-refractivity contribution in [2.24, 2.45) is 0 Å². The van der Waals surface area contributed by atoms with Crippen molar-refractivity contribution in [2.75, 3.05) is 14.2 Å². The maximum Gasteiger partial charge on any atom is 0.349 e. The molecule has 2 rings (SSSR count). The van der Waals surface area contributed by atoms with Gasteiger partial charge in [-0.25, -0.2) is 9.78 Å².